The predicted octanol–water partition coefficient (Wildman–Crippen LogP) is 2.84. The maximum absolute atomic E-state index is 12.6. The second-order valence-corrected chi connectivity index (χ2v) is 6.53. The molecule has 2 rings (SSSR count). The number of carbonyl (C=O) groups excluding carboxylic acids is 1. The van der Waals surface area contributed by atoms with Crippen LogP contribution in [-0.2, 0) is 28.1 Å². The van der Waals surface area contributed by atoms with Gasteiger partial charge in [0.15, 0.2) is 6.10 Å². The van der Waals surface area contributed by atoms with E-state index < -0.39 is 30.2 Å². The SMILES string of the molecule is COC(=O)[C@H](O)C(C)(C)c1ccccc1OCc1ccnn1CC(F)(F)F. The van der Waals surface area contributed by atoms with Gasteiger partial charge in [0.2, 0.25) is 0 Å². The van der Waals surface area contributed by atoms with Crippen molar-refractivity contribution in [1.29, 1.82) is 0 Å². The van der Waals surface area contributed by atoms with Crippen LogP contribution in [0.15, 0.2) is 36.5 Å². The molecule has 1 atom stereocenters. The van der Waals surface area contributed by atoms with Crippen molar-refractivity contribution in [3.05, 3.63) is 47.8 Å². The fourth-order valence-electron chi connectivity index (χ4n) is 2.62. The largest absolute Gasteiger partial charge is 0.487 e. The Balaban J connectivity index is 2.23. The summed E-state index contributed by atoms with van der Waals surface area (Å²) in [5, 5.41) is 13.9. The van der Waals surface area contributed by atoms with Gasteiger partial charge in [-0.1, -0.05) is 32.0 Å². The van der Waals surface area contributed by atoms with Gasteiger partial charge in [-0.15, -0.1) is 0 Å². The number of hydrogen-bond acceptors (Lipinski definition) is 5. The number of para-hydroxylation sites is 1. The first-order valence-electron chi connectivity index (χ1n) is 8.12. The van der Waals surface area contributed by atoms with Gasteiger partial charge in [-0.25, -0.2) is 4.79 Å². The molecular weight excluding hydrogens is 365 g/mol. The number of aromatic nitrogens is 2. The number of carbonyl (C=O) groups is 1. The predicted molar refractivity (Wildman–Crippen MR) is 90.1 cm³/mol. The highest BCUT2D eigenvalue weighted by atomic mass is 19.4. The zero-order valence-electron chi connectivity index (χ0n) is 15.2. The van der Waals surface area contributed by atoms with Crippen LogP contribution < -0.4 is 4.74 Å². The van der Waals surface area contributed by atoms with Crippen molar-refractivity contribution >= 4 is 5.97 Å². The van der Waals surface area contributed by atoms with Crippen LogP contribution in [-0.4, -0.2) is 40.2 Å². The van der Waals surface area contributed by atoms with Crippen LogP contribution in [0, 0.1) is 0 Å². The number of aliphatic hydroxyl groups excluding tert-OH is 1. The lowest BCUT2D eigenvalue weighted by Crippen LogP contribution is -2.40. The fraction of sp³-hybridized carbons (Fsp3) is 0.444. The highest BCUT2D eigenvalue weighted by Gasteiger charge is 2.38. The lowest BCUT2D eigenvalue weighted by Gasteiger charge is -2.30. The normalized spacial score (nSPS) is 13.3. The maximum atomic E-state index is 12.6. The number of halogens is 3. The topological polar surface area (TPSA) is 73.6 Å². The summed E-state index contributed by atoms with van der Waals surface area (Å²) < 4.78 is 48.9. The molecule has 0 aliphatic rings. The van der Waals surface area contributed by atoms with Crippen LogP contribution in [0.4, 0.5) is 13.2 Å². The third-order valence-electron chi connectivity index (χ3n) is 4.20. The van der Waals surface area contributed by atoms with E-state index in [0.29, 0.717) is 11.3 Å². The quantitative estimate of drug-likeness (QED) is 0.741. The van der Waals surface area contributed by atoms with E-state index in [9.17, 15) is 23.1 Å². The van der Waals surface area contributed by atoms with Crippen molar-refractivity contribution in [2.75, 3.05) is 7.11 Å². The molecule has 0 bridgehead atoms. The van der Waals surface area contributed by atoms with E-state index in [2.05, 4.69) is 9.84 Å². The summed E-state index contributed by atoms with van der Waals surface area (Å²) in [6.07, 6.45) is -4.57. The molecule has 0 aliphatic heterocycles. The van der Waals surface area contributed by atoms with Crippen LogP contribution in [0.1, 0.15) is 25.1 Å². The Morgan fingerprint density at radius 2 is 1.93 bits per heavy atom. The summed E-state index contributed by atoms with van der Waals surface area (Å²) in [6, 6.07) is 8.12. The lowest BCUT2D eigenvalue weighted by molar-refractivity contribution is -0.153. The van der Waals surface area contributed by atoms with Crippen molar-refractivity contribution in [3.8, 4) is 5.75 Å². The Bertz CT molecular complexity index is 787. The molecule has 0 radical (unpaired) electrons. The third-order valence-corrected chi connectivity index (χ3v) is 4.20. The summed E-state index contributed by atoms with van der Waals surface area (Å²) >= 11 is 0. The molecule has 1 N–H and O–H groups in total. The minimum atomic E-state index is -4.40. The van der Waals surface area contributed by atoms with Crippen molar-refractivity contribution in [2.45, 2.75) is 44.7 Å². The molecule has 0 unspecified atom stereocenters. The van der Waals surface area contributed by atoms with E-state index in [-0.39, 0.29) is 12.3 Å². The van der Waals surface area contributed by atoms with Crippen molar-refractivity contribution in [2.24, 2.45) is 0 Å². The van der Waals surface area contributed by atoms with Crippen LogP contribution >= 0.6 is 0 Å². The summed E-state index contributed by atoms with van der Waals surface area (Å²) in [6.45, 7) is 1.92. The van der Waals surface area contributed by atoms with Gasteiger partial charge in [0, 0.05) is 17.2 Å². The zero-order chi connectivity index (χ0) is 20.2. The molecule has 0 aliphatic carbocycles. The molecule has 0 fully saturated rings. The van der Waals surface area contributed by atoms with Crippen LogP contribution in [0.2, 0.25) is 0 Å². The molecule has 0 saturated carbocycles. The monoisotopic (exact) mass is 386 g/mol. The van der Waals surface area contributed by atoms with E-state index >= 15 is 0 Å². The number of rotatable bonds is 7. The first-order valence-corrected chi connectivity index (χ1v) is 8.12. The number of hydrogen-bond donors (Lipinski definition) is 1. The van der Waals surface area contributed by atoms with E-state index in [0.717, 1.165) is 4.68 Å². The van der Waals surface area contributed by atoms with Crippen molar-refractivity contribution in [3.63, 3.8) is 0 Å². The summed E-state index contributed by atoms with van der Waals surface area (Å²) in [5.74, 6) is -0.455. The molecule has 6 nitrogen and oxygen atoms in total. The van der Waals surface area contributed by atoms with Crippen LogP contribution in [0.3, 0.4) is 0 Å². The number of alkyl halides is 3. The highest BCUT2D eigenvalue weighted by molar-refractivity contribution is 5.76. The van der Waals surface area contributed by atoms with Crippen molar-refractivity contribution < 1.29 is 32.5 Å². The Labute approximate surface area is 154 Å². The summed E-state index contributed by atoms with van der Waals surface area (Å²) in [5.41, 5.74) is -0.283. The standard InChI is InChI=1S/C18H21F3N2O4/c1-17(2,15(24)16(25)26-3)13-6-4-5-7-14(13)27-10-12-8-9-22-23(12)11-18(19,20)21/h4-9,15,24H,10-11H2,1-3H3/t15-/m0/s1. The second kappa shape index (κ2) is 7.99. The van der Waals surface area contributed by atoms with E-state index in [4.69, 9.17) is 4.74 Å². The lowest BCUT2D eigenvalue weighted by atomic mass is 9.79. The number of ether oxygens (including phenoxy) is 2. The molecular formula is C18H21F3N2O4. The van der Waals surface area contributed by atoms with Gasteiger partial charge in [0.1, 0.15) is 18.9 Å². The molecule has 2 aromatic rings. The Kier molecular flexibility index (Phi) is 6.15. The molecule has 27 heavy (non-hydrogen) atoms. The average molecular weight is 386 g/mol. The minimum absolute atomic E-state index is 0.155. The first-order chi connectivity index (χ1) is 12.6. The van der Waals surface area contributed by atoms with Gasteiger partial charge in [0.05, 0.1) is 12.8 Å². The fourth-order valence-corrected chi connectivity index (χ4v) is 2.62. The van der Waals surface area contributed by atoms with Gasteiger partial charge < -0.3 is 14.6 Å². The minimum Gasteiger partial charge on any atom is -0.487 e. The van der Waals surface area contributed by atoms with Gasteiger partial charge in [-0.05, 0) is 12.1 Å². The van der Waals surface area contributed by atoms with Crippen LogP contribution in [0.5, 0.6) is 5.75 Å². The summed E-state index contributed by atoms with van der Waals surface area (Å²) in [7, 11) is 1.17. The van der Waals surface area contributed by atoms with E-state index in [1.165, 1.54) is 19.4 Å². The second-order valence-electron chi connectivity index (χ2n) is 6.53. The summed E-state index contributed by atoms with van der Waals surface area (Å²) in [4.78, 5) is 11.7. The molecule has 1 aromatic heterocycles. The molecule has 0 spiro atoms. The number of nitrogens with zero attached hydrogens (tertiary/aromatic N) is 2. The number of esters is 1. The number of methoxy groups -OCH3 is 1. The first kappa shape index (κ1) is 20.8. The number of aliphatic hydroxyl groups is 1. The van der Waals surface area contributed by atoms with Gasteiger partial charge in [-0.2, -0.15) is 18.3 Å². The molecule has 0 saturated heterocycles. The highest BCUT2D eigenvalue weighted by Crippen LogP contribution is 2.35. The third kappa shape index (κ3) is 5.00. The maximum Gasteiger partial charge on any atom is 0.408 e. The molecule has 1 aromatic carbocycles. The number of benzene rings is 1. The zero-order valence-corrected chi connectivity index (χ0v) is 15.2. The van der Waals surface area contributed by atoms with E-state index in [1.54, 1.807) is 38.1 Å². The van der Waals surface area contributed by atoms with Crippen LogP contribution in [0.25, 0.3) is 0 Å². The smallest absolute Gasteiger partial charge is 0.408 e. The molecule has 148 valence electrons. The Morgan fingerprint density at radius 3 is 2.56 bits per heavy atom. The Morgan fingerprint density at radius 1 is 1.26 bits per heavy atom. The van der Waals surface area contributed by atoms with Gasteiger partial charge in [-0.3, -0.25) is 4.68 Å². The average Bonchev–Trinajstić information content (AvgIpc) is 3.03. The Hall–Kier alpha value is -2.55. The van der Waals surface area contributed by atoms with Gasteiger partial charge >= 0.3 is 12.1 Å². The van der Waals surface area contributed by atoms with E-state index in [1.807, 2.05) is 0 Å². The molecule has 9 heteroatoms. The molecule has 1 heterocycles. The van der Waals surface area contributed by atoms with Crippen molar-refractivity contribution in [1.82, 2.24) is 9.78 Å². The van der Waals surface area contributed by atoms with Gasteiger partial charge in [0.25, 0.3) is 0 Å². The molecule has 0 amide bonds.